The van der Waals surface area contributed by atoms with Gasteiger partial charge in [-0.2, -0.15) is 0 Å². The van der Waals surface area contributed by atoms with Crippen LogP contribution in [0.15, 0.2) is 72.8 Å². The molecule has 0 spiro atoms. The first-order valence-electron chi connectivity index (χ1n) is 10.5. The molecule has 0 radical (unpaired) electrons. The van der Waals surface area contributed by atoms with Crippen molar-refractivity contribution in [1.29, 1.82) is 0 Å². The monoisotopic (exact) mass is 409 g/mol. The van der Waals surface area contributed by atoms with Crippen molar-refractivity contribution in [3.8, 4) is 11.3 Å². The van der Waals surface area contributed by atoms with Crippen molar-refractivity contribution in [2.75, 3.05) is 13.6 Å². The maximum Gasteiger partial charge on any atom is 0.252 e. The minimum Gasteiger partial charge on any atom is -0.347 e. The zero-order chi connectivity index (χ0) is 21.4. The highest BCUT2D eigenvalue weighted by molar-refractivity contribution is 6.08. The quantitative estimate of drug-likeness (QED) is 0.545. The Morgan fingerprint density at radius 2 is 1.74 bits per heavy atom. The van der Waals surface area contributed by atoms with Gasteiger partial charge in [-0.05, 0) is 29.3 Å². The number of pyridine rings is 1. The van der Waals surface area contributed by atoms with Crippen molar-refractivity contribution in [2.45, 2.75) is 18.9 Å². The Kier molecular flexibility index (Phi) is 4.86. The maximum absolute atomic E-state index is 13.3. The number of nitrogens with one attached hydrogen (secondary N) is 1. The van der Waals surface area contributed by atoms with E-state index < -0.39 is 0 Å². The molecule has 5 nitrogen and oxygen atoms in total. The summed E-state index contributed by atoms with van der Waals surface area (Å²) in [5.74, 6) is -0.00839. The zero-order valence-corrected chi connectivity index (χ0v) is 17.3. The molecule has 5 rings (SSSR count). The lowest BCUT2D eigenvalue weighted by molar-refractivity contribution is -0.132. The lowest BCUT2D eigenvalue weighted by atomic mass is 9.98. The Morgan fingerprint density at radius 3 is 2.58 bits per heavy atom. The number of hydrogen-bond donors (Lipinski definition) is 1. The molecule has 5 heteroatoms. The standard InChI is InChI=1S/C26H23N3O2/c1-29-16-18(13-14-25(29)30)27-26(31)22-15-24(28-23-12-5-4-10-21(22)23)20-11-6-8-17-7-2-3-9-19(17)20/h2-12,15,18H,13-14,16H2,1H3,(H,27,31). The van der Waals surface area contributed by atoms with E-state index in [2.05, 4.69) is 23.5 Å². The van der Waals surface area contributed by atoms with Crippen molar-refractivity contribution in [2.24, 2.45) is 0 Å². The van der Waals surface area contributed by atoms with E-state index >= 15 is 0 Å². The summed E-state index contributed by atoms with van der Waals surface area (Å²) in [5, 5.41) is 6.20. The van der Waals surface area contributed by atoms with Crippen molar-refractivity contribution >= 4 is 33.5 Å². The van der Waals surface area contributed by atoms with Crippen LogP contribution in [0.3, 0.4) is 0 Å². The molecule has 0 saturated carbocycles. The van der Waals surface area contributed by atoms with Crippen LogP contribution in [-0.2, 0) is 4.79 Å². The second kappa shape index (κ2) is 7.84. The van der Waals surface area contributed by atoms with Crippen LogP contribution in [0, 0.1) is 0 Å². The minimum atomic E-state index is -0.132. The number of rotatable bonds is 3. The molecule has 31 heavy (non-hydrogen) atoms. The molecule has 4 aromatic rings. The highest BCUT2D eigenvalue weighted by atomic mass is 16.2. The van der Waals surface area contributed by atoms with Crippen LogP contribution >= 0.6 is 0 Å². The van der Waals surface area contributed by atoms with Crippen LogP contribution in [0.4, 0.5) is 0 Å². The second-order valence-electron chi connectivity index (χ2n) is 8.08. The number of para-hydroxylation sites is 1. The molecule has 3 aromatic carbocycles. The van der Waals surface area contributed by atoms with Crippen molar-refractivity contribution in [3.63, 3.8) is 0 Å². The molecule has 2 amide bonds. The SMILES string of the molecule is CN1CC(NC(=O)c2cc(-c3cccc4ccccc34)nc3ccccc23)CCC1=O. The Hall–Kier alpha value is -3.73. The van der Waals surface area contributed by atoms with Crippen LogP contribution in [0.2, 0.25) is 0 Å². The van der Waals surface area contributed by atoms with Crippen LogP contribution in [0.25, 0.3) is 32.9 Å². The van der Waals surface area contributed by atoms with Gasteiger partial charge in [-0.15, -0.1) is 0 Å². The number of piperidine rings is 1. The fourth-order valence-corrected chi connectivity index (χ4v) is 4.34. The van der Waals surface area contributed by atoms with Crippen LogP contribution in [-0.4, -0.2) is 41.3 Å². The molecule has 1 saturated heterocycles. The molecule has 154 valence electrons. The number of carbonyl (C=O) groups excluding carboxylic acids is 2. The van der Waals surface area contributed by atoms with E-state index in [4.69, 9.17) is 4.98 Å². The predicted molar refractivity (Wildman–Crippen MR) is 123 cm³/mol. The van der Waals surface area contributed by atoms with Gasteiger partial charge in [0.15, 0.2) is 0 Å². The van der Waals surface area contributed by atoms with E-state index in [1.165, 1.54) is 0 Å². The summed E-state index contributed by atoms with van der Waals surface area (Å²) in [4.78, 5) is 31.7. The number of likely N-dealkylation sites (N-methyl/N-ethyl adjacent to an activating group) is 1. The smallest absolute Gasteiger partial charge is 0.252 e. The summed E-state index contributed by atoms with van der Waals surface area (Å²) in [6, 6.07) is 23.9. The van der Waals surface area contributed by atoms with Gasteiger partial charge >= 0.3 is 0 Å². The van der Waals surface area contributed by atoms with Crippen molar-refractivity contribution in [3.05, 3.63) is 78.4 Å². The normalized spacial score (nSPS) is 16.6. The predicted octanol–water partition coefficient (Wildman–Crippen LogP) is 4.41. The summed E-state index contributed by atoms with van der Waals surface area (Å²) in [7, 11) is 1.78. The van der Waals surface area contributed by atoms with E-state index in [1.54, 1.807) is 11.9 Å². The zero-order valence-electron chi connectivity index (χ0n) is 17.3. The molecule has 1 unspecified atom stereocenters. The first kappa shape index (κ1) is 19.2. The Morgan fingerprint density at radius 1 is 1.00 bits per heavy atom. The molecule has 2 heterocycles. The summed E-state index contributed by atoms with van der Waals surface area (Å²) < 4.78 is 0. The van der Waals surface area contributed by atoms with E-state index in [1.807, 2.05) is 54.6 Å². The van der Waals surface area contributed by atoms with Gasteiger partial charge in [-0.3, -0.25) is 9.59 Å². The van der Waals surface area contributed by atoms with Gasteiger partial charge in [-0.1, -0.05) is 60.7 Å². The first-order chi connectivity index (χ1) is 15.1. The number of fused-ring (bicyclic) bond motifs is 2. The highest BCUT2D eigenvalue weighted by Gasteiger charge is 2.25. The van der Waals surface area contributed by atoms with Crippen molar-refractivity contribution in [1.82, 2.24) is 15.2 Å². The molecule has 1 fully saturated rings. The summed E-state index contributed by atoms with van der Waals surface area (Å²) in [5.41, 5.74) is 3.17. The second-order valence-corrected chi connectivity index (χ2v) is 8.08. The molecule has 1 aliphatic rings. The topological polar surface area (TPSA) is 62.3 Å². The molecular weight excluding hydrogens is 386 g/mol. The minimum absolute atomic E-state index is 0.0527. The number of benzene rings is 3. The van der Waals surface area contributed by atoms with Crippen LogP contribution in [0.5, 0.6) is 0 Å². The fourth-order valence-electron chi connectivity index (χ4n) is 4.34. The Balaban J connectivity index is 1.58. The molecule has 1 atom stereocenters. The lowest BCUT2D eigenvalue weighted by Gasteiger charge is -2.30. The van der Waals surface area contributed by atoms with Gasteiger partial charge < -0.3 is 10.2 Å². The van der Waals surface area contributed by atoms with Gasteiger partial charge in [0, 0.05) is 37.0 Å². The number of amides is 2. The summed E-state index contributed by atoms with van der Waals surface area (Å²) in [6.07, 6.45) is 1.12. The van der Waals surface area contributed by atoms with Crippen LogP contribution < -0.4 is 5.32 Å². The van der Waals surface area contributed by atoms with Gasteiger partial charge in [0.05, 0.1) is 16.8 Å². The fraction of sp³-hybridized carbons (Fsp3) is 0.192. The van der Waals surface area contributed by atoms with E-state index in [0.717, 1.165) is 32.9 Å². The number of carbonyl (C=O) groups is 2. The molecule has 1 aliphatic heterocycles. The number of hydrogen-bond acceptors (Lipinski definition) is 3. The molecular formula is C26H23N3O2. The third-order valence-corrected chi connectivity index (χ3v) is 5.99. The third-order valence-electron chi connectivity index (χ3n) is 5.99. The van der Waals surface area contributed by atoms with E-state index in [0.29, 0.717) is 24.9 Å². The molecule has 0 bridgehead atoms. The van der Waals surface area contributed by atoms with Crippen molar-refractivity contribution < 1.29 is 9.59 Å². The molecule has 1 aromatic heterocycles. The van der Waals surface area contributed by atoms with Gasteiger partial charge in [0.2, 0.25) is 5.91 Å². The summed E-state index contributed by atoms with van der Waals surface area (Å²) in [6.45, 7) is 0.532. The van der Waals surface area contributed by atoms with Gasteiger partial charge in [0.1, 0.15) is 0 Å². The van der Waals surface area contributed by atoms with E-state index in [-0.39, 0.29) is 17.9 Å². The average Bonchev–Trinajstić information content (AvgIpc) is 2.80. The Labute approximate surface area is 180 Å². The first-order valence-corrected chi connectivity index (χ1v) is 10.5. The molecule has 1 N–H and O–H groups in total. The van der Waals surface area contributed by atoms with Gasteiger partial charge in [-0.25, -0.2) is 4.98 Å². The molecule has 0 aliphatic carbocycles. The van der Waals surface area contributed by atoms with Gasteiger partial charge in [0.25, 0.3) is 5.91 Å². The average molecular weight is 409 g/mol. The number of nitrogens with zero attached hydrogens (tertiary/aromatic N) is 2. The maximum atomic E-state index is 13.3. The number of likely N-dealkylation sites (tertiary alicyclic amines) is 1. The van der Waals surface area contributed by atoms with Crippen LogP contribution in [0.1, 0.15) is 23.2 Å². The third kappa shape index (κ3) is 3.63. The van der Waals surface area contributed by atoms with E-state index in [9.17, 15) is 9.59 Å². The largest absolute Gasteiger partial charge is 0.347 e. The highest BCUT2D eigenvalue weighted by Crippen LogP contribution is 2.30. The summed E-state index contributed by atoms with van der Waals surface area (Å²) >= 11 is 0. The number of aromatic nitrogens is 1. The Bertz CT molecular complexity index is 1310. The lowest BCUT2D eigenvalue weighted by Crippen LogP contribution is -2.48.